The topological polar surface area (TPSA) is 111 Å². The van der Waals surface area contributed by atoms with E-state index in [9.17, 15) is 9.59 Å². The molecule has 19 heavy (non-hydrogen) atoms. The molecule has 2 rings (SSSR count). The average Bonchev–Trinajstić information content (AvgIpc) is 2.81. The van der Waals surface area contributed by atoms with E-state index in [0.717, 1.165) is 0 Å². The molecule has 7 nitrogen and oxygen atoms in total. The predicted molar refractivity (Wildman–Crippen MR) is 66.2 cm³/mol. The van der Waals surface area contributed by atoms with Gasteiger partial charge in [-0.25, -0.2) is 9.48 Å². The molecule has 0 saturated heterocycles. The normalized spacial score (nSPS) is 10.3. The molecule has 0 unspecified atom stereocenters. The lowest BCUT2D eigenvalue weighted by molar-refractivity contribution is -0.118. The number of hydrogen-bond acceptors (Lipinski definition) is 4. The molecular formula is C12H12N4O3. The highest BCUT2D eigenvalue weighted by atomic mass is 16.4. The van der Waals surface area contributed by atoms with E-state index >= 15 is 0 Å². The molecule has 0 aliphatic carbocycles. The first kappa shape index (κ1) is 12.7. The van der Waals surface area contributed by atoms with Crippen LogP contribution in [0.5, 0.6) is 0 Å². The number of carbonyl (C=O) groups is 2. The molecule has 0 bridgehead atoms. The van der Waals surface area contributed by atoms with Crippen LogP contribution in [-0.2, 0) is 11.3 Å². The first-order chi connectivity index (χ1) is 9.09. The van der Waals surface area contributed by atoms with Crippen molar-refractivity contribution in [2.24, 2.45) is 5.73 Å². The van der Waals surface area contributed by atoms with E-state index in [0.29, 0.717) is 11.3 Å². The lowest BCUT2D eigenvalue weighted by Crippen LogP contribution is -2.15. The molecule has 0 aliphatic heterocycles. The molecule has 0 spiro atoms. The van der Waals surface area contributed by atoms with Crippen LogP contribution in [0.4, 0.5) is 0 Å². The SMILES string of the molecule is NC(=O)CCn1nnc(C(=O)O)c1-c1ccccc1. The van der Waals surface area contributed by atoms with Crippen LogP contribution in [0, 0.1) is 0 Å². The largest absolute Gasteiger partial charge is 0.476 e. The van der Waals surface area contributed by atoms with Gasteiger partial charge >= 0.3 is 5.97 Å². The fourth-order valence-electron chi connectivity index (χ4n) is 1.71. The Morgan fingerprint density at radius 3 is 2.53 bits per heavy atom. The van der Waals surface area contributed by atoms with Crippen molar-refractivity contribution in [3.05, 3.63) is 36.0 Å². The maximum absolute atomic E-state index is 11.1. The van der Waals surface area contributed by atoms with Crippen LogP contribution in [-0.4, -0.2) is 32.0 Å². The van der Waals surface area contributed by atoms with Gasteiger partial charge in [0.25, 0.3) is 0 Å². The molecule has 0 aliphatic rings. The van der Waals surface area contributed by atoms with E-state index in [-0.39, 0.29) is 18.7 Å². The van der Waals surface area contributed by atoms with Crippen LogP contribution < -0.4 is 5.73 Å². The summed E-state index contributed by atoms with van der Waals surface area (Å²) in [6.07, 6.45) is 0.0717. The molecule has 3 N–H and O–H groups in total. The van der Waals surface area contributed by atoms with E-state index < -0.39 is 11.9 Å². The molecule has 0 saturated carbocycles. The van der Waals surface area contributed by atoms with Crippen molar-refractivity contribution in [1.82, 2.24) is 15.0 Å². The number of carboxylic acid groups (broad SMARTS) is 1. The summed E-state index contributed by atoms with van der Waals surface area (Å²) in [5.74, 6) is -1.64. The minimum Gasteiger partial charge on any atom is -0.476 e. The van der Waals surface area contributed by atoms with Gasteiger partial charge in [0.1, 0.15) is 5.69 Å². The van der Waals surface area contributed by atoms with E-state index in [1.165, 1.54) is 4.68 Å². The Morgan fingerprint density at radius 2 is 1.95 bits per heavy atom. The van der Waals surface area contributed by atoms with Crippen LogP contribution in [0.25, 0.3) is 11.3 Å². The standard InChI is InChI=1S/C12H12N4O3/c13-9(17)6-7-16-11(8-4-2-1-3-5-8)10(12(18)19)14-15-16/h1-5H,6-7H2,(H2,13,17)(H,18,19). The Balaban J connectivity index is 2.45. The second-order valence-electron chi connectivity index (χ2n) is 3.90. The molecule has 98 valence electrons. The van der Waals surface area contributed by atoms with Gasteiger partial charge in [0.2, 0.25) is 5.91 Å². The second-order valence-corrected chi connectivity index (χ2v) is 3.90. The summed E-state index contributed by atoms with van der Waals surface area (Å²) in [5, 5.41) is 16.5. The monoisotopic (exact) mass is 260 g/mol. The van der Waals surface area contributed by atoms with E-state index in [4.69, 9.17) is 10.8 Å². The average molecular weight is 260 g/mol. The molecule has 0 radical (unpaired) electrons. The van der Waals surface area contributed by atoms with Crippen molar-refractivity contribution in [3.8, 4) is 11.3 Å². The van der Waals surface area contributed by atoms with Crippen LogP contribution in [0.2, 0.25) is 0 Å². The van der Waals surface area contributed by atoms with Crippen molar-refractivity contribution in [2.75, 3.05) is 0 Å². The van der Waals surface area contributed by atoms with Crippen LogP contribution >= 0.6 is 0 Å². The van der Waals surface area contributed by atoms with E-state index in [1.54, 1.807) is 24.3 Å². The number of primary amides is 1. The van der Waals surface area contributed by atoms with Gasteiger partial charge in [-0.2, -0.15) is 0 Å². The van der Waals surface area contributed by atoms with Crippen molar-refractivity contribution < 1.29 is 14.7 Å². The van der Waals surface area contributed by atoms with Gasteiger partial charge in [0.05, 0.1) is 6.54 Å². The highest BCUT2D eigenvalue weighted by molar-refractivity contribution is 5.92. The van der Waals surface area contributed by atoms with Crippen LogP contribution in [0.15, 0.2) is 30.3 Å². The predicted octanol–water partition coefficient (Wildman–Crippen LogP) is 0.519. The van der Waals surface area contributed by atoms with Gasteiger partial charge in [-0.3, -0.25) is 4.79 Å². The van der Waals surface area contributed by atoms with Crippen molar-refractivity contribution >= 4 is 11.9 Å². The van der Waals surface area contributed by atoms with Gasteiger partial charge in [-0.05, 0) is 0 Å². The van der Waals surface area contributed by atoms with Gasteiger partial charge in [0.15, 0.2) is 5.69 Å². The lowest BCUT2D eigenvalue weighted by Gasteiger charge is -2.05. The number of aromatic nitrogens is 3. The highest BCUT2D eigenvalue weighted by Gasteiger charge is 2.20. The molecule has 7 heteroatoms. The van der Waals surface area contributed by atoms with Crippen LogP contribution in [0.1, 0.15) is 16.9 Å². The van der Waals surface area contributed by atoms with Crippen molar-refractivity contribution in [2.45, 2.75) is 13.0 Å². The van der Waals surface area contributed by atoms with Crippen LogP contribution in [0.3, 0.4) is 0 Å². The molecule has 0 fully saturated rings. The molecule has 2 aromatic rings. The molecule has 1 aromatic heterocycles. The summed E-state index contributed by atoms with van der Waals surface area (Å²) in [6.45, 7) is 0.194. The molecule has 1 aromatic carbocycles. The zero-order valence-corrected chi connectivity index (χ0v) is 9.98. The zero-order chi connectivity index (χ0) is 13.8. The van der Waals surface area contributed by atoms with Crippen molar-refractivity contribution in [1.29, 1.82) is 0 Å². The number of aromatic carboxylic acids is 1. The van der Waals surface area contributed by atoms with E-state index in [1.807, 2.05) is 6.07 Å². The minimum atomic E-state index is -1.16. The summed E-state index contributed by atoms with van der Waals surface area (Å²) >= 11 is 0. The van der Waals surface area contributed by atoms with Gasteiger partial charge in [-0.1, -0.05) is 35.5 Å². The molecule has 1 heterocycles. The molecular weight excluding hydrogens is 248 g/mol. The number of carboxylic acids is 1. The number of hydrogen-bond donors (Lipinski definition) is 2. The fraction of sp³-hybridized carbons (Fsp3) is 0.167. The number of nitrogens with two attached hydrogens (primary N) is 1. The quantitative estimate of drug-likeness (QED) is 0.814. The number of carbonyl (C=O) groups excluding carboxylic acids is 1. The summed E-state index contributed by atoms with van der Waals surface area (Å²) in [6, 6.07) is 8.90. The Kier molecular flexibility index (Phi) is 3.56. The Morgan fingerprint density at radius 1 is 1.26 bits per heavy atom. The van der Waals surface area contributed by atoms with E-state index in [2.05, 4.69) is 10.3 Å². The third kappa shape index (κ3) is 2.76. The third-order valence-electron chi connectivity index (χ3n) is 2.55. The smallest absolute Gasteiger partial charge is 0.358 e. The van der Waals surface area contributed by atoms with Gasteiger partial charge < -0.3 is 10.8 Å². The second kappa shape index (κ2) is 5.30. The Hall–Kier alpha value is -2.70. The number of amides is 1. The zero-order valence-electron chi connectivity index (χ0n) is 9.98. The maximum atomic E-state index is 11.1. The summed E-state index contributed by atoms with van der Waals surface area (Å²) in [7, 11) is 0. The lowest BCUT2D eigenvalue weighted by atomic mass is 10.1. The third-order valence-corrected chi connectivity index (χ3v) is 2.55. The summed E-state index contributed by atoms with van der Waals surface area (Å²) in [5.41, 5.74) is 5.98. The number of benzene rings is 1. The fourth-order valence-corrected chi connectivity index (χ4v) is 1.71. The van der Waals surface area contributed by atoms with Gasteiger partial charge in [0, 0.05) is 12.0 Å². The molecule has 1 amide bonds. The summed E-state index contributed by atoms with van der Waals surface area (Å²) in [4.78, 5) is 21.9. The number of aryl methyl sites for hydroxylation is 1. The molecule has 0 atom stereocenters. The Labute approximate surface area is 108 Å². The highest BCUT2D eigenvalue weighted by Crippen LogP contribution is 2.22. The van der Waals surface area contributed by atoms with Crippen molar-refractivity contribution in [3.63, 3.8) is 0 Å². The minimum absolute atomic E-state index is 0.0717. The van der Waals surface area contributed by atoms with Gasteiger partial charge in [-0.15, -0.1) is 5.10 Å². The number of nitrogens with zero attached hydrogens (tertiary/aromatic N) is 3. The number of rotatable bonds is 5. The Bertz CT molecular complexity index is 607. The first-order valence-electron chi connectivity index (χ1n) is 5.60. The first-order valence-corrected chi connectivity index (χ1v) is 5.60. The maximum Gasteiger partial charge on any atom is 0.358 e. The summed E-state index contributed by atoms with van der Waals surface area (Å²) < 4.78 is 1.38.